The lowest BCUT2D eigenvalue weighted by Crippen LogP contribution is -2.22. The maximum absolute atomic E-state index is 12.9. The highest BCUT2D eigenvalue weighted by atomic mass is 35.5. The maximum Gasteiger partial charge on any atom is 0.418 e. The molecule has 0 fully saturated rings. The van der Waals surface area contributed by atoms with Gasteiger partial charge in [0.1, 0.15) is 4.88 Å². The molecule has 0 saturated carbocycles. The summed E-state index contributed by atoms with van der Waals surface area (Å²) in [6.45, 7) is -0.698. The van der Waals surface area contributed by atoms with Gasteiger partial charge in [-0.25, -0.2) is 4.79 Å². The molecule has 0 aliphatic heterocycles. The molecular formula is C14H9ClF3NO3S. The van der Waals surface area contributed by atoms with E-state index in [1.807, 2.05) is 0 Å². The van der Waals surface area contributed by atoms with Gasteiger partial charge in [-0.2, -0.15) is 13.2 Å². The molecule has 0 spiro atoms. The van der Waals surface area contributed by atoms with Crippen LogP contribution in [0.2, 0.25) is 5.02 Å². The Morgan fingerprint density at radius 3 is 2.61 bits per heavy atom. The van der Waals surface area contributed by atoms with E-state index in [4.69, 9.17) is 16.3 Å². The maximum atomic E-state index is 12.9. The molecule has 1 aromatic carbocycles. The number of rotatable bonds is 4. The Hall–Kier alpha value is -2.06. The molecule has 0 bridgehead atoms. The van der Waals surface area contributed by atoms with Crippen molar-refractivity contribution in [1.82, 2.24) is 0 Å². The van der Waals surface area contributed by atoms with Crippen molar-refractivity contribution in [2.75, 3.05) is 11.9 Å². The van der Waals surface area contributed by atoms with Gasteiger partial charge in [0.05, 0.1) is 11.3 Å². The van der Waals surface area contributed by atoms with Gasteiger partial charge in [0.15, 0.2) is 6.61 Å². The molecule has 1 aromatic heterocycles. The van der Waals surface area contributed by atoms with Crippen LogP contribution in [0.4, 0.5) is 18.9 Å². The smallest absolute Gasteiger partial charge is 0.418 e. The van der Waals surface area contributed by atoms with Gasteiger partial charge in [0.25, 0.3) is 5.91 Å². The monoisotopic (exact) mass is 363 g/mol. The molecule has 1 N–H and O–H groups in total. The number of nitrogens with one attached hydrogen (secondary N) is 1. The van der Waals surface area contributed by atoms with E-state index in [0.717, 1.165) is 17.4 Å². The molecule has 0 unspecified atom stereocenters. The minimum Gasteiger partial charge on any atom is -0.451 e. The first-order chi connectivity index (χ1) is 10.8. The van der Waals surface area contributed by atoms with Crippen LogP contribution in [0.15, 0.2) is 35.7 Å². The number of hydrogen-bond acceptors (Lipinski definition) is 4. The van der Waals surface area contributed by atoms with E-state index in [1.54, 1.807) is 11.4 Å². The van der Waals surface area contributed by atoms with Gasteiger partial charge in [0.2, 0.25) is 0 Å². The van der Waals surface area contributed by atoms with Gasteiger partial charge >= 0.3 is 12.1 Å². The summed E-state index contributed by atoms with van der Waals surface area (Å²) in [4.78, 5) is 23.5. The molecule has 0 radical (unpaired) electrons. The molecule has 0 atom stereocenters. The van der Waals surface area contributed by atoms with E-state index < -0.39 is 35.9 Å². The minimum absolute atomic E-state index is 0.112. The Bertz CT molecular complexity index is 717. The van der Waals surface area contributed by atoms with E-state index in [9.17, 15) is 22.8 Å². The average Bonchev–Trinajstić information content (AvgIpc) is 3.00. The van der Waals surface area contributed by atoms with E-state index in [1.165, 1.54) is 12.1 Å². The fourth-order valence-corrected chi connectivity index (χ4v) is 2.43. The van der Waals surface area contributed by atoms with Gasteiger partial charge in [-0.1, -0.05) is 17.7 Å². The highest BCUT2D eigenvalue weighted by molar-refractivity contribution is 7.11. The molecule has 1 heterocycles. The fourth-order valence-electron chi connectivity index (χ4n) is 1.64. The number of benzene rings is 1. The van der Waals surface area contributed by atoms with E-state index >= 15 is 0 Å². The Morgan fingerprint density at radius 2 is 2.00 bits per heavy atom. The Kier molecular flexibility index (Phi) is 5.27. The SMILES string of the molecule is O=C(COC(=O)c1cccs1)Nc1ccc(Cl)cc1C(F)(F)F. The van der Waals surface area contributed by atoms with Crippen molar-refractivity contribution in [1.29, 1.82) is 0 Å². The number of carbonyl (C=O) groups excluding carboxylic acids is 2. The van der Waals surface area contributed by atoms with Crippen LogP contribution in [0.5, 0.6) is 0 Å². The number of hydrogen-bond donors (Lipinski definition) is 1. The van der Waals surface area contributed by atoms with Gasteiger partial charge in [0, 0.05) is 5.02 Å². The van der Waals surface area contributed by atoms with Crippen molar-refractivity contribution in [3.05, 3.63) is 51.2 Å². The second-order valence-electron chi connectivity index (χ2n) is 4.29. The molecule has 23 heavy (non-hydrogen) atoms. The van der Waals surface area contributed by atoms with Crippen LogP contribution in [-0.2, 0) is 15.7 Å². The van der Waals surface area contributed by atoms with Crippen molar-refractivity contribution in [3.8, 4) is 0 Å². The lowest BCUT2D eigenvalue weighted by atomic mass is 10.1. The fraction of sp³-hybridized carbons (Fsp3) is 0.143. The van der Waals surface area contributed by atoms with Gasteiger partial charge < -0.3 is 10.1 Å². The largest absolute Gasteiger partial charge is 0.451 e. The summed E-state index contributed by atoms with van der Waals surface area (Å²) in [6.07, 6.45) is -4.68. The quantitative estimate of drug-likeness (QED) is 0.828. The van der Waals surface area contributed by atoms with Crippen LogP contribution in [0.25, 0.3) is 0 Å². The van der Waals surface area contributed by atoms with Gasteiger partial charge in [-0.15, -0.1) is 11.3 Å². The number of alkyl halides is 3. The average molecular weight is 364 g/mol. The number of anilines is 1. The Balaban J connectivity index is 2.02. The van der Waals surface area contributed by atoms with Crippen molar-refractivity contribution in [2.45, 2.75) is 6.18 Å². The molecule has 0 aliphatic rings. The number of amides is 1. The second-order valence-corrected chi connectivity index (χ2v) is 5.67. The lowest BCUT2D eigenvalue weighted by molar-refractivity contribution is -0.137. The minimum atomic E-state index is -4.68. The van der Waals surface area contributed by atoms with Crippen LogP contribution in [0.3, 0.4) is 0 Å². The Morgan fingerprint density at radius 1 is 1.26 bits per heavy atom. The summed E-state index contributed by atoms with van der Waals surface area (Å²) in [6, 6.07) is 6.08. The summed E-state index contributed by atoms with van der Waals surface area (Å²) in [7, 11) is 0. The summed E-state index contributed by atoms with van der Waals surface area (Å²) in [5.74, 6) is -1.61. The van der Waals surface area contributed by atoms with Gasteiger partial charge in [-0.05, 0) is 29.6 Å². The summed E-state index contributed by atoms with van der Waals surface area (Å²) < 4.78 is 43.4. The summed E-state index contributed by atoms with van der Waals surface area (Å²) >= 11 is 6.66. The number of halogens is 4. The van der Waals surface area contributed by atoms with Crippen LogP contribution in [-0.4, -0.2) is 18.5 Å². The van der Waals surface area contributed by atoms with Crippen LogP contribution in [0.1, 0.15) is 15.2 Å². The van der Waals surface area contributed by atoms with Crippen molar-refractivity contribution in [2.24, 2.45) is 0 Å². The first-order valence-corrected chi connectivity index (χ1v) is 7.40. The summed E-state index contributed by atoms with van der Waals surface area (Å²) in [5.41, 5.74) is -1.54. The van der Waals surface area contributed by atoms with Crippen LogP contribution < -0.4 is 5.32 Å². The third-order valence-electron chi connectivity index (χ3n) is 2.62. The third kappa shape index (κ3) is 4.70. The zero-order valence-electron chi connectivity index (χ0n) is 11.3. The first-order valence-electron chi connectivity index (χ1n) is 6.14. The predicted molar refractivity (Wildman–Crippen MR) is 79.7 cm³/mol. The number of esters is 1. The van der Waals surface area contributed by atoms with Gasteiger partial charge in [-0.3, -0.25) is 4.79 Å². The molecule has 122 valence electrons. The molecule has 0 saturated heterocycles. The predicted octanol–water partition coefficient (Wildman–Crippen LogP) is 4.22. The molecule has 4 nitrogen and oxygen atoms in total. The van der Waals surface area contributed by atoms with E-state index in [2.05, 4.69) is 5.32 Å². The molecule has 2 aromatic rings. The number of thiophene rings is 1. The summed E-state index contributed by atoms with van der Waals surface area (Å²) in [5, 5.41) is 3.59. The zero-order valence-corrected chi connectivity index (χ0v) is 12.9. The van der Waals surface area contributed by atoms with Crippen LogP contribution in [0, 0.1) is 0 Å². The standard InChI is InChI=1S/C14H9ClF3NO3S/c15-8-3-4-10(9(6-8)14(16,17)18)19-12(20)7-22-13(21)11-2-1-5-23-11/h1-6H,7H2,(H,19,20). The number of carbonyl (C=O) groups is 2. The first kappa shape index (κ1) is 17.3. The van der Waals surface area contributed by atoms with Crippen LogP contribution >= 0.6 is 22.9 Å². The highest BCUT2D eigenvalue weighted by Gasteiger charge is 2.34. The highest BCUT2D eigenvalue weighted by Crippen LogP contribution is 2.36. The number of ether oxygens (including phenoxy) is 1. The van der Waals surface area contributed by atoms with E-state index in [-0.39, 0.29) is 5.02 Å². The topological polar surface area (TPSA) is 55.4 Å². The normalized spacial score (nSPS) is 11.1. The van der Waals surface area contributed by atoms with E-state index in [0.29, 0.717) is 10.9 Å². The van der Waals surface area contributed by atoms with Crippen molar-refractivity contribution >= 4 is 40.5 Å². The molecular weight excluding hydrogens is 355 g/mol. The lowest BCUT2D eigenvalue weighted by Gasteiger charge is -2.14. The van der Waals surface area contributed by atoms with Crippen molar-refractivity contribution < 1.29 is 27.5 Å². The second kappa shape index (κ2) is 7.01. The Labute approximate surface area is 137 Å². The zero-order chi connectivity index (χ0) is 17.0. The molecule has 1 amide bonds. The molecule has 9 heteroatoms. The van der Waals surface area contributed by atoms with Crippen molar-refractivity contribution in [3.63, 3.8) is 0 Å². The molecule has 2 rings (SSSR count). The third-order valence-corrected chi connectivity index (χ3v) is 3.70. The molecule has 0 aliphatic carbocycles.